The van der Waals surface area contributed by atoms with E-state index >= 15 is 0 Å². The van der Waals surface area contributed by atoms with Crippen LogP contribution in [0, 0.1) is 17.2 Å². The van der Waals surface area contributed by atoms with Crippen molar-refractivity contribution in [3.05, 3.63) is 28.7 Å². The van der Waals surface area contributed by atoms with Crippen LogP contribution in [0.4, 0.5) is 5.69 Å². The van der Waals surface area contributed by atoms with Crippen molar-refractivity contribution in [1.82, 2.24) is 0 Å². The highest BCUT2D eigenvalue weighted by Crippen LogP contribution is 2.26. The third-order valence-corrected chi connectivity index (χ3v) is 2.92. The Morgan fingerprint density at radius 2 is 2.33 bits per heavy atom. The molecule has 0 bridgehead atoms. The second-order valence-electron chi connectivity index (χ2n) is 3.51. The zero-order chi connectivity index (χ0) is 10.8. The zero-order valence-corrected chi connectivity index (χ0v) is 9.57. The SMILES string of the molecule is N#CC1CC(=O)N(c2cccc(Br)c2)C1. The molecule has 15 heavy (non-hydrogen) atoms. The van der Waals surface area contributed by atoms with Crippen LogP contribution in [-0.4, -0.2) is 12.5 Å². The van der Waals surface area contributed by atoms with E-state index in [1.807, 2.05) is 24.3 Å². The Bertz CT molecular complexity index is 438. The van der Waals surface area contributed by atoms with E-state index in [1.165, 1.54) is 0 Å². The average Bonchev–Trinajstić information content (AvgIpc) is 2.60. The third-order valence-electron chi connectivity index (χ3n) is 2.43. The van der Waals surface area contributed by atoms with Crippen LogP contribution < -0.4 is 4.90 Å². The summed E-state index contributed by atoms with van der Waals surface area (Å²) in [5.41, 5.74) is 0.854. The molecule has 1 fully saturated rings. The minimum absolute atomic E-state index is 0.0275. The van der Waals surface area contributed by atoms with Gasteiger partial charge in [0.1, 0.15) is 0 Å². The molecule has 0 aromatic heterocycles. The number of carbonyl (C=O) groups is 1. The summed E-state index contributed by atoms with van der Waals surface area (Å²) in [7, 11) is 0. The molecular weight excluding hydrogens is 256 g/mol. The Labute approximate surface area is 96.4 Å². The van der Waals surface area contributed by atoms with E-state index in [0.717, 1.165) is 10.2 Å². The van der Waals surface area contributed by atoms with E-state index in [4.69, 9.17) is 5.26 Å². The summed E-state index contributed by atoms with van der Waals surface area (Å²) >= 11 is 3.36. The Balaban J connectivity index is 2.26. The van der Waals surface area contributed by atoms with Crippen LogP contribution in [0.25, 0.3) is 0 Å². The standard InChI is InChI=1S/C11H9BrN2O/c12-9-2-1-3-10(5-9)14-7-8(6-13)4-11(14)15/h1-3,5,8H,4,7H2. The van der Waals surface area contributed by atoms with Crippen molar-refractivity contribution < 1.29 is 4.79 Å². The Hall–Kier alpha value is -1.34. The van der Waals surface area contributed by atoms with E-state index in [0.29, 0.717) is 13.0 Å². The number of nitrogens with zero attached hydrogens (tertiary/aromatic N) is 2. The fraction of sp³-hybridized carbons (Fsp3) is 0.273. The first-order chi connectivity index (χ1) is 7.20. The number of anilines is 1. The van der Waals surface area contributed by atoms with Crippen molar-refractivity contribution in [2.45, 2.75) is 6.42 Å². The largest absolute Gasteiger partial charge is 0.311 e. The van der Waals surface area contributed by atoms with Gasteiger partial charge in [-0.2, -0.15) is 5.26 Å². The van der Waals surface area contributed by atoms with E-state index in [-0.39, 0.29) is 11.8 Å². The van der Waals surface area contributed by atoms with Crippen molar-refractivity contribution in [3.63, 3.8) is 0 Å². The lowest BCUT2D eigenvalue weighted by atomic mass is 10.1. The summed E-state index contributed by atoms with van der Waals surface area (Å²) in [6.07, 6.45) is 0.336. The molecule has 0 N–H and O–H groups in total. The molecule has 1 unspecified atom stereocenters. The van der Waals surface area contributed by atoms with Gasteiger partial charge in [-0.3, -0.25) is 4.79 Å². The van der Waals surface area contributed by atoms with Gasteiger partial charge >= 0.3 is 0 Å². The van der Waals surface area contributed by atoms with Gasteiger partial charge in [-0.05, 0) is 18.2 Å². The summed E-state index contributed by atoms with van der Waals surface area (Å²) in [4.78, 5) is 13.3. The molecule has 1 saturated heterocycles. The second kappa shape index (κ2) is 4.03. The molecule has 1 aliphatic heterocycles. The summed E-state index contributed by atoms with van der Waals surface area (Å²) in [5, 5.41) is 8.76. The fourth-order valence-corrected chi connectivity index (χ4v) is 2.07. The predicted octanol–water partition coefficient (Wildman–Crippen LogP) is 2.33. The highest BCUT2D eigenvalue weighted by Gasteiger charge is 2.30. The topological polar surface area (TPSA) is 44.1 Å². The maximum absolute atomic E-state index is 11.6. The van der Waals surface area contributed by atoms with Crippen molar-refractivity contribution in [1.29, 1.82) is 5.26 Å². The predicted molar refractivity (Wildman–Crippen MR) is 60.2 cm³/mol. The molecule has 0 aliphatic carbocycles. The number of halogens is 1. The van der Waals surface area contributed by atoms with Gasteiger partial charge < -0.3 is 4.90 Å². The first kappa shape index (κ1) is 10.2. The highest BCUT2D eigenvalue weighted by atomic mass is 79.9. The van der Waals surface area contributed by atoms with Crippen LogP contribution in [0.15, 0.2) is 28.7 Å². The lowest BCUT2D eigenvalue weighted by Crippen LogP contribution is -2.24. The first-order valence-corrected chi connectivity index (χ1v) is 5.45. The maximum Gasteiger partial charge on any atom is 0.228 e. The second-order valence-corrected chi connectivity index (χ2v) is 4.43. The highest BCUT2D eigenvalue weighted by molar-refractivity contribution is 9.10. The van der Waals surface area contributed by atoms with Gasteiger partial charge in [0.2, 0.25) is 5.91 Å². The minimum atomic E-state index is -0.170. The number of carbonyl (C=O) groups excluding carboxylic acids is 1. The van der Waals surface area contributed by atoms with Gasteiger partial charge in [0.05, 0.1) is 12.0 Å². The monoisotopic (exact) mass is 264 g/mol. The fourth-order valence-electron chi connectivity index (χ4n) is 1.69. The third kappa shape index (κ3) is 2.02. The quantitative estimate of drug-likeness (QED) is 0.782. The molecule has 2 rings (SSSR count). The van der Waals surface area contributed by atoms with Crippen LogP contribution in [-0.2, 0) is 4.79 Å². The molecule has 3 nitrogen and oxygen atoms in total. The molecule has 1 atom stereocenters. The normalized spacial score (nSPS) is 20.4. The van der Waals surface area contributed by atoms with E-state index < -0.39 is 0 Å². The summed E-state index contributed by atoms with van der Waals surface area (Å²) < 4.78 is 0.938. The number of rotatable bonds is 1. The summed E-state index contributed by atoms with van der Waals surface area (Å²) in [6, 6.07) is 9.69. The molecule has 0 radical (unpaired) electrons. The van der Waals surface area contributed by atoms with Gasteiger partial charge in [-0.25, -0.2) is 0 Å². The van der Waals surface area contributed by atoms with Gasteiger partial charge in [0.25, 0.3) is 0 Å². The van der Waals surface area contributed by atoms with Crippen molar-refractivity contribution >= 4 is 27.5 Å². The zero-order valence-electron chi connectivity index (χ0n) is 7.98. The van der Waals surface area contributed by atoms with E-state index in [2.05, 4.69) is 22.0 Å². The van der Waals surface area contributed by atoms with Gasteiger partial charge in [-0.1, -0.05) is 22.0 Å². The molecule has 1 aromatic carbocycles. The van der Waals surface area contributed by atoms with Crippen LogP contribution in [0.2, 0.25) is 0 Å². The smallest absolute Gasteiger partial charge is 0.228 e. The Morgan fingerprint density at radius 3 is 2.93 bits per heavy atom. The molecule has 0 saturated carbocycles. The van der Waals surface area contributed by atoms with Gasteiger partial charge in [0.15, 0.2) is 0 Å². The molecular formula is C11H9BrN2O. The number of amides is 1. The van der Waals surface area contributed by atoms with Crippen molar-refractivity contribution in [2.24, 2.45) is 5.92 Å². The van der Waals surface area contributed by atoms with Crippen LogP contribution >= 0.6 is 15.9 Å². The number of nitriles is 1. The number of hydrogen-bond acceptors (Lipinski definition) is 2. The lowest BCUT2D eigenvalue weighted by molar-refractivity contribution is -0.117. The molecule has 1 heterocycles. The van der Waals surface area contributed by atoms with Crippen LogP contribution in [0.5, 0.6) is 0 Å². The molecule has 0 spiro atoms. The molecule has 1 aliphatic rings. The number of hydrogen-bond donors (Lipinski definition) is 0. The lowest BCUT2D eigenvalue weighted by Gasteiger charge is -2.15. The minimum Gasteiger partial charge on any atom is -0.311 e. The average molecular weight is 265 g/mol. The maximum atomic E-state index is 11.6. The molecule has 76 valence electrons. The van der Waals surface area contributed by atoms with Crippen molar-refractivity contribution in [3.8, 4) is 6.07 Å². The summed E-state index contributed by atoms with van der Waals surface area (Å²) in [5.74, 6) is -0.142. The Morgan fingerprint density at radius 1 is 1.53 bits per heavy atom. The number of benzene rings is 1. The first-order valence-electron chi connectivity index (χ1n) is 4.66. The van der Waals surface area contributed by atoms with Crippen LogP contribution in [0.1, 0.15) is 6.42 Å². The van der Waals surface area contributed by atoms with E-state index in [1.54, 1.807) is 4.90 Å². The molecule has 1 aromatic rings. The van der Waals surface area contributed by atoms with Gasteiger partial charge in [-0.15, -0.1) is 0 Å². The summed E-state index contributed by atoms with van der Waals surface area (Å²) in [6.45, 7) is 0.506. The molecule has 4 heteroatoms. The van der Waals surface area contributed by atoms with Gasteiger partial charge in [0, 0.05) is 23.1 Å². The molecule has 1 amide bonds. The Kier molecular flexibility index (Phi) is 2.74. The van der Waals surface area contributed by atoms with Crippen LogP contribution in [0.3, 0.4) is 0 Å². The van der Waals surface area contributed by atoms with Crippen molar-refractivity contribution in [2.75, 3.05) is 11.4 Å². The van der Waals surface area contributed by atoms with E-state index in [9.17, 15) is 4.79 Å².